The molecule has 110 valence electrons. The van der Waals surface area contributed by atoms with Crippen molar-refractivity contribution in [2.45, 2.75) is 12.6 Å². The van der Waals surface area contributed by atoms with E-state index in [0.29, 0.717) is 16.5 Å². The van der Waals surface area contributed by atoms with Gasteiger partial charge in [-0.25, -0.2) is 4.98 Å². The highest BCUT2D eigenvalue weighted by Gasteiger charge is 2.37. The highest BCUT2D eigenvalue weighted by Crippen LogP contribution is 2.29. The van der Waals surface area contributed by atoms with Crippen molar-refractivity contribution in [3.05, 3.63) is 22.1 Å². The molecule has 1 atom stereocenters. The van der Waals surface area contributed by atoms with Gasteiger partial charge in [-0.15, -0.1) is 0 Å². The molecule has 10 heteroatoms. The van der Waals surface area contributed by atoms with E-state index in [0.717, 1.165) is 4.90 Å². The van der Waals surface area contributed by atoms with Crippen LogP contribution in [0, 0.1) is 5.92 Å². The zero-order chi connectivity index (χ0) is 15.1. The van der Waals surface area contributed by atoms with Gasteiger partial charge in [0.1, 0.15) is 0 Å². The van der Waals surface area contributed by atoms with Crippen LogP contribution in [-0.4, -0.2) is 27.9 Å². The molecule has 1 aliphatic heterocycles. The summed E-state index contributed by atoms with van der Waals surface area (Å²) in [5, 5.41) is 0. The van der Waals surface area contributed by atoms with Gasteiger partial charge in [0.05, 0.1) is 0 Å². The van der Waals surface area contributed by atoms with Crippen molar-refractivity contribution >= 4 is 24.5 Å². The van der Waals surface area contributed by atoms with Gasteiger partial charge in [0, 0.05) is 19.0 Å². The molecule has 1 aliphatic rings. The third-order valence-corrected chi connectivity index (χ3v) is 3.45. The van der Waals surface area contributed by atoms with Gasteiger partial charge in [-0.05, 0) is 11.7 Å². The Kier molecular flexibility index (Phi) is 3.67. The van der Waals surface area contributed by atoms with Crippen molar-refractivity contribution in [3.63, 3.8) is 0 Å². The molecule has 0 aliphatic carbocycles. The van der Waals surface area contributed by atoms with E-state index in [1.165, 1.54) is 0 Å². The highest BCUT2D eigenvalue weighted by atomic mass is 32.1. The number of hydrogen-bond acceptors (Lipinski definition) is 5. The van der Waals surface area contributed by atoms with Crippen LogP contribution in [0.15, 0.2) is 10.9 Å². The van der Waals surface area contributed by atoms with Crippen molar-refractivity contribution in [3.8, 4) is 0 Å². The van der Waals surface area contributed by atoms with E-state index in [4.69, 9.17) is 5.84 Å². The van der Waals surface area contributed by atoms with Gasteiger partial charge in [-0.2, -0.15) is 30.5 Å². The molecule has 0 saturated carbocycles. The summed E-state index contributed by atoms with van der Waals surface area (Å²) < 4.78 is 38.4. The minimum Gasteiger partial charge on any atom is -0.333 e. The molecular weight excluding hydrogens is 297 g/mol. The summed E-state index contributed by atoms with van der Waals surface area (Å²) >= 11 is 4.04. The van der Waals surface area contributed by atoms with Gasteiger partial charge in [0.15, 0.2) is 5.69 Å². The smallest absolute Gasteiger partial charge is 0.333 e. The zero-order valence-electron chi connectivity index (χ0n) is 10.1. The Morgan fingerprint density at radius 1 is 1.45 bits per heavy atom. The Balaban J connectivity index is 2.49. The summed E-state index contributed by atoms with van der Waals surface area (Å²) in [5.74, 6) is 4.73. The van der Waals surface area contributed by atoms with Gasteiger partial charge >= 0.3 is 6.18 Å². The van der Waals surface area contributed by atoms with Crippen molar-refractivity contribution in [2.24, 2.45) is 5.92 Å². The first-order chi connectivity index (χ1) is 9.24. The number of carbonyl (C=O) groups is 1. The number of alkyl halides is 3. The molecule has 0 radical (unpaired) electrons. The van der Waals surface area contributed by atoms with E-state index in [-0.39, 0.29) is 18.9 Å². The molecule has 6 nitrogen and oxygen atoms in total. The van der Waals surface area contributed by atoms with Crippen LogP contribution in [0.5, 0.6) is 0 Å². The Labute approximate surface area is 116 Å². The fourth-order valence-electron chi connectivity index (χ4n) is 1.91. The van der Waals surface area contributed by atoms with Crippen LogP contribution in [0.1, 0.15) is 12.1 Å². The largest absolute Gasteiger partial charge is 0.433 e. The molecule has 1 amide bonds. The van der Waals surface area contributed by atoms with Crippen LogP contribution in [0.4, 0.5) is 19.1 Å². The number of nitrogens with two attached hydrogens (primary N) is 1. The first-order valence-electron chi connectivity index (χ1n) is 5.61. The number of nitrogens with zero attached hydrogens (tertiary/aromatic N) is 3. The highest BCUT2D eigenvalue weighted by molar-refractivity contribution is 7.80. The monoisotopic (exact) mass is 308 g/mol. The second kappa shape index (κ2) is 5.00. The van der Waals surface area contributed by atoms with Gasteiger partial charge in [0.25, 0.3) is 5.56 Å². The van der Waals surface area contributed by atoms with Crippen LogP contribution in [0.2, 0.25) is 0 Å². The number of nitrogen functional groups attached to an aromatic ring is 1. The van der Waals surface area contributed by atoms with Gasteiger partial charge < -0.3 is 5.84 Å². The van der Waals surface area contributed by atoms with Crippen molar-refractivity contribution in [1.29, 1.82) is 0 Å². The van der Waals surface area contributed by atoms with E-state index in [1.807, 2.05) is 0 Å². The van der Waals surface area contributed by atoms with Crippen LogP contribution >= 0.6 is 12.6 Å². The number of carbonyl (C=O) groups excluding carboxylic acids is 1. The molecule has 1 fully saturated rings. The predicted octanol–water partition coefficient (Wildman–Crippen LogP) is 0.259. The Morgan fingerprint density at radius 2 is 2.10 bits per heavy atom. The minimum absolute atomic E-state index is 0.114. The third kappa shape index (κ3) is 2.60. The summed E-state index contributed by atoms with van der Waals surface area (Å²) in [6.45, 7) is 0.132. The van der Waals surface area contributed by atoms with Gasteiger partial charge in [-0.1, -0.05) is 0 Å². The van der Waals surface area contributed by atoms with Crippen molar-refractivity contribution in [1.82, 2.24) is 9.66 Å². The maximum atomic E-state index is 12.6. The van der Waals surface area contributed by atoms with Gasteiger partial charge in [-0.3, -0.25) is 14.5 Å². The summed E-state index contributed by atoms with van der Waals surface area (Å²) in [7, 11) is 0. The lowest BCUT2D eigenvalue weighted by Crippen LogP contribution is -2.38. The maximum Gasteiger partial charge on any atom is 0.433 e. The molecule has 0 bridgehead atoms. The number of rotatable bonds is 2. The van der Waals surface area contributed by atoms with Crippen LogP contribution < -0.4 is 16.3 Å². The summed E-state index contributed by atoms with van der Waals surface area (Å²) in [5.41, 5.74) is -2.45. The fraction of sp³-hybridized carbons (Fsp3) is 0.500. The number of halogens is 3. The van der Waals surface area contributed by atoms with Crippen LogP contribution in [0.3, 0.4) is 0 Å². The minimum atomic E-state index is -4.78. The second-order valence-corrected chi connectivity index (χ2v) is 4.77. The average molecular weight is 308 g/mol. The summed E-state index contributed by atoms with van der Waals surface area (Å²) in [6, 6.07) is 0.292. The Morgan fingerprint density at radius 3 is 2.60 bits per heavy atom. The fourth-order valence-corrected chi connectivity index (χ4v) is 2.16. The topological polar surface area (TPSA) is 81.2 Å². The standard InChI is InChI=1S/C10H11F3N4O2S/c11-10(12,13)6-2-8(19)17(14)9(15-6)16-3-5(4-20)1-7(16)18/h2,5,20H,1,3-4,14H2. The quantitative estimate of drug-likeness (QED) is 0.606. The van der Waals surface area contributed by atoms with Crippen LogP contribution in [0.25, 0.3) is 0 Å². The van der Waals surface area contributed by atoms with E-state index in [2.05, 4.69) is 17.6 Å². The number of hydrogen-bond donors (Lipinski definition) is 2. The zero-order valence-corrected chi connectivity index (χ0v) is 11.0. The molecule has 2 rings (SSSR count). The SMILES string of the molecule is Nn1c(N2CC(CS)CC2=O)nc(C(F)(F)F)cc1=O. The number of thiol groups is 1. The molecule has 0 aromatic carbocycles. The maximum absolute atomic E-state index is 12.6. The molecule has 1 unspecified atom stereocenters. The van der Waals surface area contributed by atoms with Crippen molar-refractivity contribution < 1.29 is 18.0 Å². The Bertz CT molecular complexity index is 601. The first kappa shape index (κ1) is 14.7. The first-order valence-corrected chi connectivity index (χ1v) is 6.25. The molecule has 2 N–H and O–H groups in total. The van der Waals surface area contributed by atoms with Crippen LogP contribution in [-0.2, 0) is 11.0 Å². The van der Waals surface area contributed by atoms with Crippen molar-refractivity contribution in [2.75, 3.05) is 23.0 Å². The molecule has 1 saturated heterocycles. The molecule has 20 heavy (non-hydrogen) atoms. The normalized spacial score (nSPS) is 19.7. The second-order valence-electron chi connectivity index (χ2n) is 4.40. The van der Waals surface area contributed by atoms with E-state index >= 15 is 0 Å². The number of aromatic nitrogens is 2. The average Bonchev–Trinajstić information content (AvgIpc) is 2.72. The lowest BCUT2D eigenvalue weighted by atomic mass is 10.1. The number of amides is 1. The molecule has 1 aromatic rings. The summed E-state index contributed by atoms with van der Waals surface area (Å²) in [6.07, 6.45) is -4.65. The molecular formula is C10H11F3N4O2S. The molecule has 2 heterocycles. The van der Waals surface area contributed by atoms with E-state index in [1.54, 1.807) is 0 Å². The number of anilines is 1. The lowest BCUT2D eigenvalue weighted by Gasteiger charge is -2.19. The third-order valence-electron chi connectivity index (χ3n) is 2.93. The predicted molar refractivity (Wildman–Crippen MR) is 68.0 cm³/mol. The molecule has 0 spiro atoms. The van der Waals surface area contributed by atoms with E-state index < -0.39 is 29.3 Å². The van der Waals surface area contributed by atoms with Gasteiger partial charge in [0.2, 0.25) is 11.9 Å². The van der Waals surface area contributed by atoms with E-state index in [9.17, 15) is 22.8 Å². The summed E-state index contributed by atoms with van der Waals surface area (Å²) in [4.78, 5) is 27.5. The Hall–Kier alpha value is -1.71. The lowest BCUT2D eigenvalue weighted by molar-refractivity contribution is -0.141. The molecule has 1 aromatic heterocycles.